The van der Waals surface area contributed by atoms with Crippen molar-refractivity contribution in [3.8, 4) is 11.5 Å². The van der Waals surface area contributed by atoms with Crippen LogP contribution in [0.25, 0.3) is 0 Å². The van der Waals surface area contributed by atoms with Crippen LogP contribution in [-0.4, -0.2) is 17.7 Å². The zero-order valence-electron chi connectivity index (χ0n) is 14.1. The predicted octanol–water partition coefficient (Wildman–Crippen LogP) is 4.07. The van der Waals surface area contributed by atoms with E-state index in [-0.39, 0.29) is 12.7 Å². The van der Waals surface area contributed by atoms with Gasteiger partial charge in [0, 0.05) is 17.7 Å². The van der Waals surface area contributed by atoms with Gasteiger partial charge in [-0.2, -0.15) is 0 Å². The van der Waals surface area contributed by atoms with Crippen molar-refractivity contribution < 1.29 is 14.3 Å². The molecule has 130 valence electrons. The van der Waals surface area contributed by atoms with E-state index in [1.165, 1.54) is 0 Å². The molecular weight excluding hydrogens is 336 g/mol. The van der Waals surface area contributed by atoms with Crippen LogP contribution in [0.3, 0.4) is 0 Å². The van der Waals surface area contributed by atoms with Crippen molar-refractivity contribution >= 4 is 22.4 Å². The van der Waals surface area contributed by atoms with E-state index < -0.39 is 0 Å². The Balaban J connectivity index is 1.41. The first-order valence-electron chi connectivity index (χ1n) is 8.49. The Morgan fingerprint density at radius 2 is 2.24 bits per heavy atom. The standard InChI is InChI=1S/C19H20N2O3S/c1-12-17(9-14-6-7-15-16(8-14)24-11-23-15)25-19(20-12)21-18(22)10-13-4-2-3-5-13/h2,4,6-8,13H,3,5,9-11H2,1H3,(H,20,21,22). The highest BCUT2D eigenvalue weighted by atomic mass is 32.1. The van der Waals surface area contributed by atoms with Gasteiger partial charge in [-0.15, -0.1) is 11.3 Å². The molecule has 5 nitrogen and oxygen atoms in total. The smallest absolute Gasteiger partial charge is 0.231 e. The van der Waals surface area contributed by atoms with Crippen molar-refractivity contribution in [2.24, 2.45) is 5.92 Å². The number of nitrogens with zero attached hydrogens (tertiary/aromatic N) is 1. The second kappa shape index (κ2) is 6.88. The zero-order chi connectivity index (χ0) is 17.2. The van der Waals surface area contributed by atoms with Gasteiger partial charge in [0.05, 0.1) is 5.69 Å². The summed E-state index contributed by atoms with van der Waals surface area (Å²) in [6.45, 7) is 2.26. The van der Waals surface area contributed by atoms with Crippen molar-refractivity contribution in [3.05, 3.63) is 46.5 Å². The van der Waals surface area contributed by atoms with Crippen molar-refractivity contribution in [1.29, 1.82) is 0 Å². The summed E-state index contributed by atoms with van der Waals surface area (Å²) < 4.78 is 10.8. The highest BCUT2D eigenvalue weighted by molar-refractivity contribution is 7.15. The zero-order valence-corrected chi connectivity index (χ0v) is 14.9. The number of aromatic nitrogens is 1. The fourth-order valence-corrected chi connectivity index (χ4v) is 4.17. The van der Waals surface area contributed by atoms with Gasteiger partial charge in [-0.05, 0) is 43.4 Å². The highest BCUT2D eigenvalue weighted by Gasteiger charge is 2.17. The summed E-state index contributed by atoms with van der Waals surface area (Å²) >= 11 is 1.54. The Labute approximate surface area is 150 Å². The van der Waals surface area contributed by atoms with E-state index in [1.807, 2.05) is 25.1 Å². The van der Waals surface area contributed by atoms with Gasteiger partial charge in [-0.25, -0.2) is 4.98 Å². The largest absolute Gasteiger partial charge is 0.454 e. The molecule has 1 aliphatic carbocycles. The minimum absolute atomic E-state index is 0.0416. The molecule has 0 bridgehead atoms. The lowest BCUT2D eigenvalue weighted by molar-refractivity contribution is -0.116. The van der Waals surface area contributed by atoms with Crippen LogP contribution in [0.1, 0.15) is 35.4 Å². The van der Waals surface area contributed by atoms with Crippen molar-refractivity contribution in [3.63, 3.8) is 0 Å². The lowest BCUT2D eigenvalue weighted by Gasteiger charge is -2.06. The summed E-state index contributed by atoms with van der Waals surface area (Å²) in [4.78, 5) is 17.8. The molecule has 1 unspecified atom stereocenters. The number of rotatable bonds is 5. The molecule has 1 atom stereocenters. The number of allylic oxidation sites excluding steroid dienone is 2. The molecule has 4 rings (SSSR count). The van der Waals surface area contributed by atoms with Gasteiger partial charge in [-0.3, -0.25) is 4.79 Å². The number of benzene rings is 1. The van der Waals surface area contributed by atoms with Crippen LogP contribution in [0.15, 0.2) is 30.4 Å². The van der Waals surface area contributed by atoms with Crippen LogP contribution in [0.2, 0.25) is 0 Å². The molecule has 1 aliphatic heterocycles. The van der Waals surface area contributed by atoms with Crippen molar-refractivity contribution in [2.75, 3.05) is 12.1 Å². The van der Waals surface area contributed by atoms with Crippen LogP contribution in [-0.2, 0) is 11.2 Å². The molecule has 1 aromatic carbocycles. The highest BCUT2D eigenvalue weighted by Crippen LogP contribution is 2.34. The van der Waals surface area contributed by atoms with Crippen LogP contribution >= 0.6 is 11.3 Å². The number of nitrogens with one attached hydrogen (secondary N) is 1. The summed E-state index contributed by atoms with van der Waals surface area (Å²) in [6, 6.07) is 5.98. The average molecular weight is 356 g/mol. The number of carbonyl (C=O) groups excluding carboxylic acids is 1. The van der Waals surface area contributed by atoms with Crippen LogP contribution in [0.5, 0.6) is 11.5 Å². The number of thiazole rings is 1. The molecule has 1 aromatic heterocycles. The molecule has 2 aliphatic rings. The fourth-order valence-electron chi connectivity index (χ4n) is 3.16. The fraction of sp³-hybridized carbons (Fsp3) is 0.368. The van der Waals surface area contributed by atoms with E-state index in [1.54, 1.807) is 11.3 Å². The first-order valence-corrected chi connectivity index (χ1v) is 9.30. The topological polar surface area (TPSA) is 60.5 Å². The number of hydrogen-bond donors (Lipinski definition) is 1. The summed E-state index contributed by atoms with van der Waals surface area (Å²) in [5.41, 5.74) is 2.10. The monoisotopic (exact) mass is 356 g/mol. The molecular formula is C19H20N2O3S. The molecule has 0 spiro atoms. The molecule has 1 N–H and O–H groups in total. The molecule has 25 heavy (non-hydrogen) atoms. The average Bonchev–Trinajstić information content (AvgIpc) is 3.30. The first-order chi connectivity index (χ1) is 12.2. The molecule has 6 heteroatoms. The molecule has 0 saturated heterocycles. The van der Waals surface area contributed by atoms with Gasteiger partial charge in [-0.1, -0.05) is 18.2 Å². The third-order valence-corrected chi connectivity index (χ3v) is 5.57. The Hall–Kier alpha value is -2.34. The van der Waals surface area contributed by atoms with Crippen LogP contribution in [0, 0.1) is 12.8 Å². The number of aryl methyl sites for hydroxylation is 1. The van der Waals surface area contributed by atoms with E-state index in [4.69, 9.17) is 9.47 Å². The molecule has 2 aromatic rings. The minimum Gasteiger partial charge on any atom is -0.454 e. The van der Waals surface area contributed by atoms with E-state index in [0.717, 1.165) is 46.9 Å². The van der Waals surface area contributed by atoms with E-state index in [0.29, 0.717) is 17.5 Å². The number of hydrogen-bond acceptors (Lipinski definition) is 5. The second-order valence-corrected chi connectivity index (χ2v) is 7.49. The third-order valence-electron chi connectivity index (χ3n) is 4.50. The lowest BCUT2D eigenvalue weighted by atomic mass is 10.1. The summed E-state index contributed by atoms with van der Waals surface area (Å²) in [5.74, 6) is 1.99. The quantitative estimate of drug-likeness (QED) is 0.821. The van der Waals surface area contributed by atoms with E-state index in [2.05, 4.69) is 22.5 Å². The molecule has 0 fully saturated rings. The van der Waals surface area contributed by atoms with Gasteiger partial charge >= 0.3 is 0 Å². The minimum atomic E-state index is 0.0416. The second-order valence-electron chi connectivity index (χ2n) is 6.41. The third kappa shape index (κ3) is 3.69. The lowest BCUT2D eigenvalue weighted by Crippen LogP contribution is -2.14. The Bertz CT molecular complexity index is 828. The molecule has 2 heterocycles. The van der Waals surface area contributed by atoms with E-state index >= 15 is 0 Å². The number of amides is 1. The first kappa shape index (κ1) is 16.1. The number of carbonyl (C=O) groups is 1. The van der Waals surface area contributed by atoms with Crippen LogP contribution in [0.4, 0.5) is 5.13 Å². The maximum atomic E-state index is 12.2. The van der Waals surface area contributed by atoms with E-state index in [9.17, 15) is 4.79 Å². The van der Waals surface area contributed by atoms with Gasteiger partial charge in [0.25, 0.3) is 0 Å². The van der Waals surface area contributed by atoms with Crippen molar-refractivity contribution in [1.82, 2.24) is 4.98 Å². The normalized spacial score (nSPS) is 17.9. The maximum Gasteiger partial charge on any atom is 0.231 e. The SMILES string of the molecule is Cc1nc(NC(=O)CC2C=CCC2)sc1Cc1ccc2c(c1)OCO2. The number of ether oxygens (including phenoxy) is 2. The number of anilines is 1. The van der Waals surface area contributed by atoms with Gasteiger partial charge in [0.1, 0.15) is 0 Å². The van der Waals surface area contributed by atoms with Gasteiger partial charge in [0.2, 0.25) is 12.7 Å². The summed E-state index contributed by atoms with van der Waals surface area (Å²) in [5, 5.41) is 3.63. The summed E-state index contributed by atoms with van der Waals surface area (Å²) in [6.07, 6.45) is 7.73. The molecule has 1 amide bonds. The van der Waals surface area contributed by atoms with Gasteiger partial charge < -0.3 is 14.8 Å². The van der Waals surface area contributed by atoms with Crippen LogP contribution < -0.4 is 14.8 Å². The molecule has 0 radical (unpaired) electrons. The van der Waals surface area contributed by atoms with Gasteiger partial charge in [0.15, 0.2) is 16.6 Å². The Kier molecular flexibility index (Phi) is 4.44. The Morgan fingerprint density at radius 1 is 1.36 bits per heavy atom. The van der Waals surface area contributed by atoms with Crippen molar-refractivity contribution in [2.45, 2.75) is 32.6 Å². The molecule has 0 saturated carbocycles. The predicted molar refractivity (Wildman–Crippen MR) is 97.3 cm³/mol. The maximum absolute atomic E-state index is 12.2. The summed E-state index contributed by atoms with van der Waals surface area (Å²) in [7, 11) is 0. The Morgan fingerprint density at radius 3 is 3.08 bits per heavy atom. The number of fused-ring (bicyclic) bond motifs is 1.